The molecule has 0 unspecified atom stereocenters. The van der Waals surface area contributed by atoms with Gasteiger partial charge in [-0.25, -0.2) is 0 Å². The van der Waals surface area contributed by atoms with E-state index in [2.05, 4.69) is 17.5 Å². The van der Waals surface area contributed by atoms with Gasteiger partial charge in [0.1, 0.15) is 0 Å². The molecular formula is C10H13NO2S. The van der Waals surface area contributed by atoms with E-state index < -0.39 is 0 Å². The van der Waals surface area contributed by atoms with Crippen molar-refractivity contribution in [2.75, 3.05) is 31.0 Å². The van der Waals surface area contributed by atoms with Crippen LogP contribution in [0.15, 0.2) is 18.2 Å². The molecule has 3 nitrogen and oxygen atoms in total. The van der Waals surface area contributed by atoms with E-state index in [1.807, 2.05) is 25.2 Å². The predicted octanol–water partition coefficient (Wildman–Crippen LogP) is 1.78. The minimum atomic E-state index is 0.328. The molecular weight excluding hydrogens is 198 g/mol. The fourth-order valence-corrected chi connectivity index (χ4v) is 1.70. The van der Waals surface area contributed by atoms with Gasteiger partial charge in [0.15, 0.2) is 11.5 Å². The zero-order chi connectivity index (χ0) is 9.97. The summed E-state index contributed by atoms with van der Waals surface area (Å²) < 4.78 is 10.5. The number of thiol groups is 1. The molecule has 0 spiro atoms. The first-order valence-corrected chi connectivity index (χ1v) is 5.16. The third-order valence-electron chi connectivity index (χ3n) is 2.23. The van der Waals surface area contributed by atoms with Crippen LogP contribution in [0.2, 0.25) is 0 Å². The van der Waals surface area contributed by atoms with Crippen molar-refractivity contribution in [2.45, 2.75) is 0 Å². The lowest BCUT2D eigenvalue weighted by atomic mass is 10.2. The van der Waals surface area contributed by atoms with Gasteiger partial charge in [0.2, 0.25) is 6.79 Å². The van der Waals surface area contributed by atoms with Gasteiger partial charge in [-0.1, -0.05) is 0 Å². The molecule has 76 valence electrons. The minimum Gasteiger partial charge on any atom is -0.454 e. The second-order valence-corrected chi connectivity index (χ2v) is 3.63. The molecule has 0 atom stereocenters. The molecule has 0 radical (unpaired) electrons. The monoisotopic (exact) mass is 211 g/mol. The lowest BCUT2D eigenvalue weighted by Crippen LogP contribution is -2.19. The number of benzene rings is 1. The molecule has 0 N–H and O–H groups in total. The van der Waals surface area contributed by atoms with Gasteiger partial charge in [-0.3, -0.25) is 0 Å². The fraction of sp³-hybridized carbons (Fsp3) is 0.400. The second kappa shape index (κ2) is 4.00. The Balaban J connectivity index is 2.19. The Hall–Kier alpha value is -1.03. The van der Waals surface area contributed by atoms with E-state index in [4.69, 9.17) is 9.47 Å². The minimum absolute atomic E-state index is 0.328. The SMILES string of the molecule is CN(CCS)c1ccc2c(c1)OCO2. The summed E-state index contributed by atoms with van der Waals surface area (Å²) in [7, 11) is 2.04. The Bertz CT molecular complexity index is 330. The van der Waals surface area contributed by atoms with E-state index in [-0.39, 0.29) is 0 Å². The number of hydrogen-bond donors (Lipinski definition) is 1. The zero-order valence-corrected chi connectivity index (χ0v) is 8.96. The van der Waals surface area contributed by atoms with Crippen LogP contribution in [0.4, 0.5) is 5.69 Å². The van der Waals surface area contributed by atoms with Crippen LogP contribution in [0, 0.1) is 0 Å². The summed E-state index contributed by atoms with van der Waals surface area (Å²) >= 11 is 4.19. The zero-order valence-electron chi connectivity index (χ0n) is 8.06. The molecule has 4 heteroatoms. The molecule has 0 aromatic heterocycles. The van der Waals surface area contributed by atoms with E-state index in [9.17, 15) is 0 Å². The molecule has 1 aliphatic heterocycles. The molecule has 14 heavy (non-hydrogen) atoms. The van der Waals surface area contributed by atoms with Gasteiger partial charge in [-0.15, -0.1) is 0 Å². The Morgan fingerprint density at radius 3 is 2.93 bits per heavy atom. The molecule has 0 amide bonds. The number of hydrogen-bond acceptors (Lipinski definition) is 4. The average Bonchev–Trinajstić information content (AvgIpc) is 2.64. The van der Waals surface area contributed by atoms with Crippen LogP contribution in [-0.2, 0) is 0 Å². The lowest BCUT2D eigenvalue weighted by molar-refractivity contribution is 0.174. The van der Waals surface area contributed by atoms with Gasteiger partial charge >= 0.3 is 0 Å². The van der Waals surface area contributed by atoms with Crippen molar-refractivity contribution in [1.82, 2.24) is 0 Å². The summed E-state index contributed by atoms with van der Waals surface area (Å²) in [5.41, 5.74) is 1.13. The van der Waals surface area contributed by atoms with Crippen LogP contribution in [0.25, 0.3) is 0 Å². The van der Waals surface area contributed by atoms with Crippen LogP contribution in [0.1, 0.15) is 0 Å². The van der Waals surface area contributed by atoms with Crippen LogP contribution in [-0.4, -0.2) is 26.1 Å². The Kier molecular flexibility index (Phi) is 2.72. The van der Waals surface area contributed by atoms with Crippen molar-refractivity contribution < 1.29 is 9.47 Å². The largest absolute Gasteiger partial charge is 0.454 e. The summed E-state index contributed by atoms with van der Waals surface area (Å²) in [6.07, 6.45) is 0. The highest BCUT2D eigenvalue weighted by Gasteiger charge is 2.14. The number of ether oxygens (including phenoxy) is 2. The van der Waals surface area contributed by atoms with Crippen molar-refractivity contribution in [2.24, 2.45) is 0 Å². The van der Waals surface area contributed by atoms with E-state index in [1.54, 1.807) is 0 Å². The first-order chi connectivity index (χ1) is 6.81. The number of fused-ring (bicyclic) bond motifs is 1. The maximum atomic E-state index is 5.30. The van der Waals surface area contributed by atoms with Gasteiger partial charge in [0, 0.05) is 31.1 Å². The molecule has 1 aliphatic rings. The van der Waals surface area contributed by atoms with Gasteiger partial charge in [-0.05, 0) is 12.1 Å². The summed E-state index contributed by atoms with van der Waals surface area (Å²) in [5.74, 6) is 2.49. The molecule has 1 aromatic rings. The maximum absolute atomic E-state index is 5.30. The molecule has 0 saturated heterocycles. The lowest BCUT2D eigenvalue weighted by Gasteiger charge is -2.18. The van der Waals surface area contributed by atoms with Crippen molar-refractivity contribution in [3.8, 4) is 11.5 Å². The van der Waals surface area contributed by atoms with Crippen molar-refractivity contribution in [3.63, 3.8) is 0 Å². The third-order valence-corrected chi connectivity index (χ3v) is 2.43. The average molecular weight is 211 g/mol. The highest BCUT2D eigenvalue weighted by atomic mass is 32.1. The number of anilines is 1. The van der Waals surface area contributed by atoms with E-state index in [0.717, 1.165) is 29.5 Å². The molecule has 1 aromatic carbocycles. The van der Waals surface area contributed by atoms with Crippen LogP contribution < -0.4 is 14.4 Å². The Morgan fingerprint density at radius 2 is 2.14 bits per heavy atom. The predicted molar refractivity (Wildman–Crippen MR) is 59.7 cm³/mol. The molecule has 1 heterocycles. The molecule has 0 fully saturated rings. The highest BCUT2D eigenvalue weighted by Crippen LogP contribution is 2.35. The summed E-state index contributed by atoms with van der Waals surface area (Å²) in [6.45, 7) is 1.25. The normalized spacial score (nSPS) is 13.0. The maximum Gasteiger partial charge on any atom is 0.231 e. The molecule has 0 bridgehead atoms. The molecule has 0 saturated carbocycles. The first kappa shape index (κ1) is 9.52. The highest BCUT2D eigenvalue weighted by molar-refractivity contribution is 7.80. The van der Waals surface area contributed by atoms with Gasteiger partial charge in [-0.2, -0.15) is 12.6 Å². The van der Waals surface area contributed by atoms with Crippen molar-refractivity contribution in [1.29, 1.82) is 0 Å². The van der Waals surface area contributed by atoms with Crippen LogP contribution in [0.3, 0.4) is 0 Å². The quantitative estimate of drug-likeness (QED) is 0.770. The summed E-state index contributed by atoms with van der Waals surface area (Å²) in [4.78, 5) is 2.13. The van der Waals surface area contributed by atoms with Crippen molar-refractivity contribution >= 4 is 18.3 Å². The standard InChI is InChI=1S/C10H13NO2S/c1-11(4-5-14)8-2-3-9-10(6-8)13-7-12-9/h2-3,6,14H,4-5,7H2,1H3. The second-order valence-electron chi connectivity index (χ2n) is 3.18. The van der Waals surface area contributed by atoms with Crippen LogP contribution in [0.5, 0.6) is 11.5 Å². The van der Waals surface area contributed by atoms with E-state index in [1.165, 1.54) is 0 Å². The van der Waals surface area contributed by atoms with E-state index in [0.29, 0.717) is 6.79 Å². The van der Waals surface area contributed by atoms with Crippen molar-refractivity contribution in [3.05, 3.63) is 18.2 Å². The fourth-order valence-electron chi connectivity index (χ4n) is 1.40. The van der Waals surface area contributed by atoms with Gasteiger partial charge in [0.05, 0.1) is 0 Å². The van der Waals surface area contributed by atoms with Crippen LogP contribution >= 0.6 is 12.6 Å². The molecule has 0 aliphatic carbocycles. The molecule has 2 rings (SSSR count). The number of rotatable bonds is 3. The third kappa shape index (κ3) is 1.75. The van der Waals surface area contributed by atoms with Gasteiger partial charge < -0.3 is 14.4 Å². The summed E-state index contributed by atoms with van der Waals surface area (Å²) in [6, 6.07) is 5.95. The topological polar surface area (TPSA) is 21.7 Å². The first-order valence-electron chi connectivity index (χ1n) is 4.53. The van der Waals surface area contributed by atoms with Gasteiger partial charge in [0.25, 0.3) is 0 Å². The Labute approximate surface area is 89.0 Å². The Morgan fingerprint density at radius 1 is 1.36 bits per heavy atom. The van der Waals surface area contributed by atoms with E-state index >= 15 is 0 Å². The smallest absolute Gasteiger partial charge is 0.231 e. The number of nitrogens with zero attached hydrogens (tertiary/aromatic N) is 1. The summed E-state index contributed by atoms with van der Waals surface area (Å²) in [5, 5.41) is 0.